The third kappa shape index (κ3) is 6.59. The van der Waals surface area contributed by atoms with Gasteiger partial charge in [0.25, 0.3) is 0 Å². The van der Waals surface area contributed by atoms with E-state index in [0.717, 1.165) is 50.8 Å². The molecule has 0 fully saturated rings. The van der Waals surface area contributed by atoms with E-state index in [9.17, 15) is 4.79 Å². The van der Waals surface area contributed by atoms with Crippen LogP contribution in [0.1, 0.15) is 48.0 Å². The van der Waals surface area contributed by atoms with Crippen molar-refractivity contribution in [1.29, 1.82) is 0 Å². The minimum atomic E-state index is -0.556. The van der Waals surface area contributed by atoms with Crippen molar-refractivity contribution < 1.29 is 14.4 Å². The van der Waals surface area contributed by atoms with Gasteiger partial charge in [-0.25, -0.2) is 4.79 Å². The van der Waals surface area contributed by atoms with Crippen molar-refractivity contribution >= 4 is 73.6 Å². The van der Waals surface area contributed by atoms with Gasteiger partial charge in [-0.2, -0.15) is 0 Å². The highest BCUT2D eigenvalue weighted by Gasteiger charge is 2.26. The molecule has 0 saturated heterocycles. The molecule has 5 nitrogen and oxygen atoms in total. The van der Waals surface area contributed by atoms with Crippen LogP contribution in [0.2, 0.25) is 5.15 Å². The van der Waals surface area contributed by atoms with Crippen LogP contribution in [0.15, 0.2) is 52.1 Å². The topological polar surface area (TPSA) is 52.8 Å². The van der Waals surface area contributed by atoms with Gasteiger partial charge >= 0.3 is 5.97 Å². The summed E-state index contributed by atoms with van der Waals surface area (Å²) in [6.07, 6.45) is 2.21. The first-order chi connectivity index (χ1) is 17.0. The van der Waals surface area contributed by atoms with Crippen molar-refractivity contribution in [2.75, 3.05) is 25.7 Å². The predicted molar refractivity (Wildman–Crippen MR) is 154 cm³/mol. The fraction of sp³-hybridized carbons (Fsp3) is 0.385. The predicted octanol–water partition coefficient (Wildman–Crippen LogP) is 7.91. The van der Waals surface area contributed by atoms with Gasteiger partial charge in [0.05, 0.1) is 11.7 Å². The van der Waals surface area contributed by atoms with E-state index >= 15 is 0 Å². The van der Waals surface area contributed by atoms with Crippen molar-refractivity contribution in [3.63, 3.8) is 0 Å². The number of esters is 1. The summed E-state index contributed by atoms with van der Waals surface area (Å²) < 4.78 is 8.31. The number of thioether (sulfide) groups is 2. The number of rotatable bonds is 12. The number of fused-ring (bicyclic) bond motifs is 1. The summed E-state index contributed by atoms with van der Waals surface area (Å²) >= 11 is 14.7. The van der Waals surface area contributed by atoms with Crippen LogP contribution >= 0.6 is 51.1 Å². The van der Waals surface area contributed by atoms with Gasteiger partial charge in [-0.05, 0) is 48.1 Å². The number of carbonyl (C=O) groups excluding carboxylic acids is 1. The van der Waals surface area contributed by atoms with E-state index < -0.39 is 5.97 Å². The van der Waals surface area contributed by atoms with Gasteiger partial charge in [-0.3, -0.25) is 0 Å². The number of hydrogen-bond donors (Lipinski definition) is 0. The number of oxime groups is 1. The number of methoxy groups -OCH3 is 1. The van der Waals surface area contributed by atoms with Crippen molar-refractivity contribution in [1.82, 2.24) is 4.57 Å². The highest BCUT2D eigenvalue weighted by Crippen LogP contribution is 2.48. The average Bonchev–Trinajstić information content (AvgIpc) is 3.13. The molecule has 0 bridgehead atoms. The summed E-state index contributed by atoms with van der Waals surface area (Å²) in [4.78, 5) is 17.4. The number of carbonyl (C=O) groups is 1. The molecule has 1 aromatic heterocycles. The zero-order valence-corrected chi connectivity index (χ0v) is 24.3. The van der Waals surface area contributed by atoms with Crippen LogP contribution in [-0.4, -0.2) is 42.0 Å². The SMILES string of the molecule is CCCSC(SCCC)c1c(Cl)n(Cc2ccccc2/C(=N\OC)C(=O)OC)c2ccc(Br)cc12. The van der Waals surface area contributed by atoms with Crippen molar-refractivity contribution in [3.8, 4) is 0 Å². The normalized spacial score (nSPS) is 11.9. The Hall–Kier alpha value is -1.61. The van der Waals surface area contributed by atoms with E-state index in [1.807, 2.05) is 53.9 Å². The quantitative estimate of drug-likeness (QED) is 0.0919. The molecule has 0 unspecified atom stereocenters. The van der Waals surface area contributed by atoms with Crippen LogP contribution in [0, 0.1) is 0 Å². The Bertz CT molecular complexity index is 1190. The summed E-state index contributed by atoms with van der Waals surface area (Å²) in [5.41, 5.74) is 3.86. The van der Waals surface area contributed by atoms with E-state index in [4.69, 9.17) is 21.2 Å². The minimum Gasteiger partial charge on any atom is -0.464 e. The lowest BCUT2D eigenvalue weighted by Gasteiger charge is -2.17. The van der Waals surface area contributed by atoms with Gasteiger partial charge in [0.15, 0.2) is 5.71 Å². The van der Waals surface area contributed by atoms with Crippen LogP contribution in [0.4, 0.5) is 0 Å². The van der Waals surface area contributed by atoms with Gasteiger partial charge in [-0.15, -0.1) is 23.5 Å². The molecule has 0 radical (unpaired) electrons. The number of ether oxygens (including phenoxy) is 1. The molecule has 0 aliphatic carbocycles. The van der Waals surface area contributed by atoms with E-state index in [0.29, 0.717) is 17.3 Å². The lowest BCUT2D eigenvalue weighted by Crippen LogP contribution is -2.20. The van der Waals surface area contributed by atoms with E-state index in [1.165, 1.54) is 14.2 Å². The zero-order valence-electron chi connectivity index (χ0n) is 20.3. The first kappa shape index (κ1) is 28.0. The molecule has 0 amide bonds. The van der Waals surface area contributed by atoms with Gasteiger partial charge < -0.3 is 14.1 Å². The fourth-order valence-corrected chi connectivity index (χ4v) is 7.33. The number of aromatic nitrogens is 1. The third-order valence-electron chi connectivity index (χ3n) is 5.34. The first-order valence-electron chi connectivity index (χ1n) is 11.4. The van der Waals surface area contributed by atoms with Crippen LogP contribution in [-0.2, 0) is 20.9 Å². The van der Waals surface area contributed by atoms with Gasteiger partial charge in [0, 0.05) is 33.0 Å². The molecule has 0 spiro atoms. The van der Waals surface area contributed by atoms with Crippen molar-refractivity contribution in [2.45, 2.75) is 37.8 Å². The largest absolute Gasteiger partial charge is 0.464 e. The highest BCUT2D eigenvalue weighted by molar-refractivity contribution is 9.10. The number of halogens is 2. The Balaban J connectivity index is 2.16. The van der Waals surface area contributed by atoms with Crippen molar-refractivity contribution in [3.05, 3.63) is 68.8 Å². The first-order valence-corrected chi connectivity index (χ1v) is 14.7. The van der Waals surface area contributed by atoms with Gasteiger partial charge in [0.2, 0.25) is 0 Å². The molecule has 35 heavy (non-hydrogen) atoms. The Morgan fingerprint density at radius 2 is 1.80 bits per heavy atom. The molecular weight excluding hydrogens is 568 g/mol. The molecule has 2 aromatic carbocycles. The molecular formula is C26H30BrClN2O3S2. The zero-order chi connectivity index (χ0) is 25.4. The minimum absolute atomic E-state index is 0.121. The van der Waals surface area contributed by atoms with Crippen molar-refractivity contribution in [2.24, 2.45) is 5.16 Å². The Kier molecular flexibility index (Phi) is 10.9. The molecule has 1 heterocycles. The summed E-state index contributed by atoms with van der Waals surface area (Å²) in [5, 5.41) is 5.80. The molecule has 0 N–H and O–H groups in total. The molecule has 0 saturated carbocycles. The van der Waals surface area contributed by atoms with Gasteiger partial charge in [0.1, 0.15) is 12.3 Å². The summed E-state index contributed by atoms with van der Waals surface area (Å²) in [7, 11) is 2.74. The molecule has 3 aromatic rings. The van der Waals surface area contributed by atoms with Crippen LogP contribution in [0.3, 0.4) is 0 Å². The number of hydrogen-bond acceptors (Lipinski definition) is 6. The lowest BCUT2D eigenvalue weighted by molar-refractivity contribution is -0.132. The van der Waals surface area contributed by atoms with E-state index in [-0.39, 0.29) is 10.3 Å². The monoisotopic (exact) mass is 596 g/mol. The van der Waals surface area contributed by atoms with E-state index in [2.05, 4.69) is 51.6 Å². The number of nitrogens with zero attached hydrogens (tertiary/aromatic N) is 2. The maximum absolute atomic E-state index is 12.4. The summed E-state index contributed by atoms with van der Waals surface area (Å²) in [6.45, 7) is 4.87. The lowest BCUT2D eigenvalue weighted by atomic mass is 10.0. The molecule has 0 aliphatic heterocycles. The second-order valence-electron chi connectivity index (χ2n) is 7.80. The van der Waals surface area contributed by atoms with E-state index in [1.54, 1.807) is 0 Å². The molecule has 0 aliphatic rings. The third-order valence-corrected chi connectivity index (χ3v) is 9.43. The molecule has 0 atom stereocenters. The van der Waals surface area contributed by atoms with Crippen LogP contribution in [0.5, 0.6) is 0 Å². The van der Waals surface area contributed by atoms with Gasteiger partial charge in [-0.1, -0.05) is 70.8 Å². The Morgan fingerprint density at radius 3 is 2.43 bits per heavy atom. The molecule has 3 rings (SSSR count). The summed E-state index contributed by atoms with van der Waals surface area (Å²) in [5.74, 6) is 1.58. The fourth-order valence-electron chi connectivity index (χ4n) is 3.81. The smallest absolute Gasteiger partial charge is 0.360 e. The average molecular weight is 598 g/mol. The maximum atomic E-state index is 12.4. The second kappa shape index (κ2) is 13.6. The highest BCUT2D eigenvalue weighted by atomic mass is 79.9. The number of benzene rings is 2. The molecule has 9 heteroatoms. The summed E-state index contributed by atoms with van der Waals surface area (Å²) in [6, 6.07) is 13.9. The Morgan fingerprint density at radius 1 is 1.11 bits per heavy atom. The molecule has 188 valence electrons. The van der Waals surface area contributed by atoms with Crippen LogP contribution < -0.4 is 0 Å². The Labute approximate surface area is 229 Å². The second-order valence-corrected chi connectivity index (χ2v) is 11.8. The standard InChI is InChI=1S/C26H30BrClN2O3S2/c1-5-13-34-26(35-14-6-2)22-20-15-18(27)11-12-21(20)30(24(22)28)16-17-9-7-8-10-19(17)23(29-33-4)25(31)32-3/h7-12,15,26H,5-6,13-14,16H2,1-4H3/b29-23+. The maximum Gasteiger partial charge on any atom is 0.360 e. The van der Waals surface area contributed by atoms with Crippen LogP contribution in [0.25, 0.3) is 10.9 Å².